The molecule has 0 unspecified atom stereocenters. The highest BCUT2D eigenvalue weighted by molar-refractivity contribution is 7.18. The Morgan fingerprint density at radius 2 is 2.16 bits per heavy atom. The third-order valence-corrected chi connectivity index (χ3v) is 4.45. The second kappa shape index (κ2) is 4.94. The SMILES string of the molecule is CNc1nc(NC2CC(OC)C2)c2cc(C)sc2n1. The number of aromatic nitrogens is 2. The van der Waals surface area contributed by atoms with Crippen LogP contribution in [0.3, 0.4) is 0 Å². The molecule has 5 nitrogen and oxygen atoms in total. The van der Waals surface area contributed by atoms with Gasteiger partial charge >= 0.3 is 0 Å². The standard InChI is InChI=1S/C13H18N4OS/c1-7-4-10-11(15-8-5-9(6-8)18-3)16-13(14-2)17-12(10)19-7/h4,8-9H,5-6H2,1-3H3,(H2,14,15,16,17). The molecule has 2 N–H and O–H groups in total. The smallest absolute Gasteiger partial charge is 0.225 e. The molecule has 1 aliphatic carbocycles. The van der Waals surface area contributed by atoms with Crippen LogP contribution < -0.4 is 10.6 Å². The first-order chi connectivity index (χ1) is 9.19. The number of anilines is 2. The second-order valence-electron chi connectivity index (χ2n) is 4.89. The number of fused-ring (bicyclic) bond motifs is 1. The average Bonchev–Trinajstić information content (AvgIpc) is 2.73. The van der Waals surface area contributed by atoms with Crippen LogP contribution >= 0.6 is 11.3 Å². The van der Waals surface area contributed by atoms with Gasteiger partial charge in [-0.3, -0.25) is 0 Å². The van der Waals surface area contributed by atoms with Crippen molar-refractivity contribution in [1.29, 1.82) is 0 Å². The van der Waals surface area contributed by atoms with Gasteiger partial charge in [0.05, 0.1) is 11.5 Å². The molecule has 0 amide bonds. The van der Waals surface area contributed by atoms with Crippen molar-refractivity contribution < 1.29 is 4.74 Å². The normalized spacial score (nSPS) is 22.3. The highest BCUT2D eigenvalue weighted by atomic mass is 32.1. The van der Waals surface area contributed by atoms with Crippen molar-refractivity contribution in [2.45, 2.75) is 31.9 Å². The number of aryl methyl sites for hydroxylation is 1. The maximum Gasteiger partial charge on any atom is 0.225 e. The molecule has 19 heavy (non-hydrogen) atoms. The molecule has 3 rings (SSSR count). The molecule has 0 spiro atoms. The largest absolute Gasteiger partial charge is 0.381 e. The van der Waals surface area contributed by atoms with Gasteiger partial charge in [0.2, 0.25) is 5.95 Å². The fourth-order valence-corrected chi connectivity index (χ4v) is 3.21. The van der Waals surface area contributed by atoms with Crippen molar-refractivity contribution in [2.24, 2.45) is 0 Å². The van der Waals surface area contributed by atoms with Gasteiger partial charge in [0.1, 0.15) is 10.6 Å². The van der Waals surface area contributed by atoms with Crippen LogP contribution in [0.5, 0.6) is 0 Å². The lowest BCUT2D eigenvalue weighted by atomic mass is 9.89. The first kappa shape index (κ1) is 12.6. The van der Waals surface area contributed by atoms with Crippen molar-refractivity contribution in [3.05, 3.63) is 10.9 Å². The van der Waals surface area contributed by atoms with Crippen LogP contribution in [-0.2, 0) is 4.74 Å². The van der Waals surface area contributed by atoms with Crippen LogP contribution in [0.25, 0.3) is 10.2 Å². The molecule has 0 aromatic carbocycles. The summed E-state index contributed by atoms with van der Waals surface area (Å²) in [7, 11) is 3.61. The number of nitrogens with zero attached hydrogens (tertiary/aromatic N) is 2. The van der Waals surface area contributed by atoms with E-state index in [1.807, 2.05) is 7.05 Å². The van der Waals surface area contributed by atoms with E-state index in [2.05, 4.69) is 33.6 Å². The summed E-state index contributed by atoms with van der Waals surface area (Å²) < 4.78 is 5.31. The zero-order valence-electron chi connectivity index (χ0n) is 11.4. The van der Waals surface area contributed by atoms with Gasteiger partial charge in [0.15, 0.2) is 0 Å². The lowest BCUT2D eigenvalue weighted by molar-refractivity contribution is 0.0328. The van der Waals surface area contributed by atoms with Crippen molar-refractivity contribution in [3.8, 4) is 0 Å². The van der Waals surface area contributed by atoms with Gasteiger partial charge in [-0.25, -0.2) is 4.98 Å². The first-order valence-electron chi connectivity index (χ1n) is 6.45. The Hall–Kier alpha value is -1.40. The molecule has 0 saturated heterocycles. The van der Waals surface area contributed by atoms with Crippen molar-refractivity contribution >= 4 is 33.3 Å². The van der Waals surface area contributed by atoms with Crippen molar-refractivity contribution in [1.82, 2.24) is 9.97 Å². The van der Waals surface area contributed by atoms with Gasteiger partial charge in [-0.05, 0) is 25.8 Å². The van der Waals surface area contributed by atoms with E-state index < -0.39 is 0 Å². The minimum atomic E-state index is 0.391. The van der Waals surface area contributed by atoms with Crippen molar-refractivity contribution in [2.75, 3.05) is 24.8 Å². The van der Waals surface area contributed by atoms with E-state index in [9.17, 15) is 0 Å². The Morgan fingerprint density at radius 3 is 2.84 bits per heavy atom. The summed E-state index contributed by atoms with van der Waals surface area (Å²) in [4.78, 5) is 11.3. The van der Waals surface area contributed by atoms with E-state index in [1.165, 1.54) is 4.88 Å². The van der Waals surface area contributed by atoms with E-state index in [4.69, 9.17) is 4.74 Å². The van der Waals surface area contributed by atoms with Crippen LogP contribution in [0.2, 0.25) is 0 Å². The Labute approximate surface area is 116 Å². The van der Waals surface area contributed by atoms with Gasteiger partial charge in [-0.1, -0.05) is 0 Å². The summed E-state index contributed by atoms with van der Waals surface area (Å²) >= 11 is 1.70. The van der Waals surface area contributed by atoms with Crippen LogP contribution in [0, 0.1) is 6.92 Å². The molecule has 2 aromatic rings. The maximum atomic E-state index is 5.31. The number of nitrogens with one attached hydrogen (secondary N) is 2. The minimum Gasteiger partial charge on any atom is -0.381 e. The number of thiophene rings is 1. The maximum absolute atomic E-state index is 5.31. The van der Waals surface area contributed by atoms with E-state index in [0.717, 1.165) is 28.9 Å². The third-order valence-electron chi connectivity index (χ3n) is 3.51. The molecular formula is C13H18N4OS. The summed E-state index contributed by atoms with van der Waals surface area (Å²) in [6.45, 7) is 2.10. The highest BCUT2D eigenvalue weighted by Gasteiger charge is 2.29. The summed E-state index contributed by atoms with van der Waals surface area (Å²) in [5, 5.41) is 7.64. The van der Waals surface area contributed by atoms with E-state index in [1.54, 1.807) is 18.4 Å². The summed E-state index contributed by atoms with van der Waals surface area (Å²) in [6, 6.07) is 2.60. The van der Waals surface area contributed by atoms with E-state index in [-0.39, 0.29) is 0 Å². The molecule has 2 heterocycles. The minimum absolute atomic E-state index is 0.391. The first-order valence-corrected chi connectivity index (χ1v) is 7.26. The molecule has 1 fully saturated rings. The Kier molecular flexibility index (Phi) is 3.28. The predicted octanol–water partition coefficient (Wildman–Crippen LogP) is 2.63. The van der Waals surface area contributed by atoms with Crippen LogP contribution in [-0.4, -0.2) is 36.3 Å². The zero-order valence-corrected chi connectivity index (χ0v) is 12.2. The summed E-state index contributed by atoms with van der Waals surface area (Å²) in [5.74, 6) is 1.60. The molecule has 0 atom stereocenters. The Morgan fingerprint density at radius 1 is 1.37 bits per heavy atom. The quantitative estimate of drug-likeness (QED) is 0.900. The molecule has 102 valence electrons. The molecule has 1 aliphatic rings. The molecule has 0 bridgehead atoms. The molecule has 6 heteroatoms. The summed E-state index contributed by atoms with van der Waals surface area (Å²) in [6.07, 6.45) is 2.47. The number of hydrogen-bond donors (Lipinski definition) is 2. The number of hydrogen-bond acceptors (Lipinski definition) is 6. The Bertz CT molecular complexity index is 592. The second-order valence-corrected chi connectivity index (χ2v) is 6.13. The van der Waals surface area contributed by atoms with E-state index in [0.29, 0.717) is 18.1 Å². The molecule has 0 radical (unpaired) electrons. The molecule has 1 saturated carbocycles. The lowest BCUT2D eigenvalue weighted by Crippen LogP contribution is -2.40. The van der Waals surface area contributed by atoms with E-state index >= 15 is 0 Å². The highest BCUT2D eigenvalue weighted by Crippen LogP contribution is 2.32. The van der Waals surface area contributed by atoms with Gasteiger partial charge in [-0.2, -0.15) is 4.98 Å². The van der Waals surface area contributed by atoms with Gasteiger partial charge in [-0.15, -0.1) is 11.3 Å². The Balaban J connectivity index is 1.88. The summed E-state index contributed by atoms with van der Waals surface area (Å²) in [5.41, 5.74) is 0. The molecule has 2 aromatic heterocycles. The van der Waals surface area contributed by atoms with Crippen LogP contribution in [0.15, 0.2) is 6.07 Å². The number of rotatable bonds is 4. The fraction of sp³-hybridized carbons (Fsp3) is 0.538. The van der Waals surface area contributed by atoms with Crippen LogP contribution in [0.1, 0.15) is 17.7 Å². The lowest BCUT2D eigenvalue weighted by Gasteiger charge is -2.35. The van der Waals surface area contributed by atoms with Gasteiger partial charge < -0.3 is 15.4 Å². The fourth-order valence-electron chi connectivity index (χ4n) is 2.33. The van der Waals surface area contributed by atoms with Crippen LogP contribution in [0.4, 0.5) is 11.8 Å². The average molecular weight is 278 g/mol. The number of methoxy groups -OCH3 is 1. The topological polar surface area (TPSA) is 59.1 Å². The van der Waals surface area contributed by atoms with Gasteiger partial charge in [0.25, 0.3) is 0 Å². The monoisotopic (exact) mass is 278 g/mol. The van der Waals surface area contributed by atoms with Crippen molar-refractivity contribution in [3.63, 3.8) is 0 Å². The number of ether oxygens (including phenoxy) is 1. The zero-order chi connectivity index (χ0) is 13.4. The molecular weight excluding hydrogens is 260 g/mol. The third kappa shape index (κ3) is 2.37. The van der Waals surface area contributed by atoms with Gasteiger partial charge in [0, 0.05) is 25.1 Å². The molecule has 0 aliphatic heterocycles. The predicted molar refractivity (Wildman–Crippen MR) is 79.1 cm³/mol.